The zero-order valence-corrected chi connectivity index (χ0v) is 11.0. The summed E-state index contributed by atoms with van der Waals surface area (Å²) >= 11 is 0. The van der Waals surface area contributed by atoms with E-state index in [-0.39, 0.29) is 16.8 Å². The van der Waals surface area contributed by atoms with Gasteiger partial charge in [0.05, 0.1) is 13.2 Å². The Labute approximate surface area is 103 Å². The van der Waals surface area contributed by atoms with E-state index >= 15 is 0 Å². The van der Waals surface area contributed by atoms with Gasteiger partial charge in [-0.3, -0.25) is 4.79 Å². The second-order valence-electron chi connectivity index (χ2n) is 6.88. The number of carbonyl (C=O) groups is 1. The minimum Gasteiger partial charge on any atom is -0.371 e. The molecule has 96 valence electrons. The third-order valence-electron chi connectivity index (χ3n) is 5.00. The van der Waals surface area contributed by atoms with Gasteiger partial charge in [0.1, 0.15) is 5.60 Å². The van der Waals surface area contributed by atoms with Crippen LogP contribution < -0.4 is 0 Å². The van der Waals surface area contributed by atoms with Crippen molar-refractivity contribution in [3.63, 3.8) is 0 Å². The first-order valence-electron chi connectivity index (χ1n) is 6.71. The lowest BCUT2D eigenvalue weighted by molar-refractivity contribution is -0.176. The average Bonchev–Trinajstić information content (AvgIpc) is 2.71. The van der Waals surface area contributed by atoms with Crippen molar-refractivity contribution in [1.82, 2.24) is 0 Å². The molecule has 3 nitrogen and oxygen atoms in total. The van der Waals surface area contributed by atoms with Crippen LogP contribution in [0.4, 0.5) is 0 Å². The number of Topliss-reactive ketones (excluding diaryl/α,β-unsaturated/α-hetero) is 1. The lowest BCUT2D eigenvalue weighted by Gasteiger charge is -2.40. The topological polar surface area (TPSA) is 35.5 Å². The number of ether oxygens (including phenoxy) is 2. The Balaban J connectivity index is 2.02. The summed E-state index contributed by atoms with van der Waals surface area (Å²) in [7, 11) is 0. The van der Waals surface area contributed by atoms with Crippen molar-refractivity contribution in [2.45, 2.75) is 57.7 Å². The van der Waals surface area contributed by atoms with Crippen LogP contribution in [0.5, 0.6) is 0 Å². The van der Waals surface area contributed by atoms with Crippen molar-refractivity contribution < 1.29 is 14.3 Å². The molecule has 0 aromatic rings. The Hall–Kier alpha value is -0.410. The molecule has 3 fully saturated rings. The Morgan fingerprint density at radius 1 is 1.18 bits per heavy atom. The van der Waals surface area contributed by atoms with E-state index in [0.29, 0.717) is 25.6 Å². The minimum absolute atomic E-state index is 0.00944. The fraction of sp³-hybridized carbons (Fsp3) is 0.929. The molecule has 3 atom stereocenters. The van der Waals surface area contributed by atoms with Crippen LogP contribution in [0.25, 0.3) is 0 Å². The van der Waals surface area contributed by atoms with E-state index in [0.717, 1.165) is 19.3 Å². The van der Waals surface area contributed by atoms with Crippen molar-refractivity contribution in [2.75, 3.05) is 13.2 Å². The van der Waals surface area contributed by atoms with E-state index in [9.17, 15) is 4.79 Å². The summed E-state index contributed by atoms with van der Waals surface area (Å²) in [6.45, 7) is 7.56. The molecule has 2 saturated carbocycles. The monoisotopic (exact) mass is 238 g/mol. The van der Waals surface area contributed by atoms with Crippen LogP contribution in [0.15, 0.2) is 0 Å². The summed E-state index contributed by atoms with van der Waals surface area (Å²) in [4.78, 5) is 12.3. The van der Waals surface area contributed by atoms with Gasteiger partial charge in [0.15, 0.2) is 11.4 Å². The maximum atomic E-state index is 12.3. The van der Waals surface area contributed by atoms with Gasteiger partial charge in [-0.15, -0.1) is 0 Å². The highest BCUT2D eigenvalue weighted by molar-refractivity contribution is 5.92. The third kappa shape index (κ3) is 1.39. The molecule has 0 amide bonds. The Morgan fingerprint density at radius 3 is 2.65 bits per heavy atom. The summed E-state index contributed by atoms with van der Waals surface area (Å²) in [5.41, 5.74) is -1.00. The van der Waals surface area contributed by atoms with E-state index in [4.69, 9.17) is 9.47 Å². The van der Waals surface area contributed by atoms with E-state index in [1.807, 2.05) is 6.92 Å². The van der Waals surface area contributed by atoms with Gasteiger partial charge in [-0.25, -0.2) is 0 Å². The quantitative estimate of drug-likeness (QED) is 0.649. The predicted molar refractivity (Wildman–Crippen MR) is 63.8 cm³/mol. The molecule has 3 aliphatic rings. The zero-order chi connectivity index (χ0) is 12.3. The molecule has 0 aromatic heterocycles. The summed E-state index contributed by atoms with van der Waals surface area (Å²) in [5.74, 6) is 0.633. The first-order chi connectivity index (χ1) is 7.90. The molecule has 2 aliphatic carbocycles. The molecule has 1 aliphatic heterocycles. The first-order valence-corrected chi connectivity index (χ1v) is 6.71. The summed E-state index contributed by atoms with van der Waals surface area (Å²) < 4.78 is 12.4. The highest BCUT2D eigenvalue weighted by atomic mass is 16.6. The van der Waals surface area contributed by atoms with Gasteiger partial charge in [-0.1, -0.05) is 20.3 Å². The fourth-order valence-corrected chi connectivity index (χ4v) is 3.83. The predicted octanol–water partition coefficient (Wildman–Crippen LogP) is 2.33. The molecule has 0 radical (unpaired) electrons. The van der Waals surface area contributed by atoms with E-state index in [1.54, 1.807) is 0 Å². The number of rotatable bonds is 0. The minimum atomic E-state index is -0.693. The van der Waals surface area contributed by atoms with E-state index < -0.39 is 5.60 Å². The van der Waals surface area contributed by atoms with E-state index in [1.165, 1.54) is 0 Å². The van der Waals surface area contributed by atoms with Gasteiger partial charge in [0, 0.05) is 11.8 Å². The number of hydrogen-bond donors (Lipinski definition) is 0. The Morgan fingerprint density at radius 2 is 1.88 bits per heavy atom. The van der Waals surface area contributed by atoms with Crippen molar-refractivity contribution in [2.24, 2.45) is 11.3 Å². The van der Waals surface area contributed by atoms with E-state index in [2.05, 4.69) is 13.8 Å². The molecular weight excluding hydrogens is 216 g/mol. The standard InChI is InChI=1S/C14H22O3/c1-12(2)8-16-13(3)11(15)7-10-5-4-6-14(10,13)17-9-12/h10H,4-9H2,1-3H3/t10?,13-,14+/m1/s1. The Kier molecular flexibility index (Phi) is 2.28. The van der Waals surface area contributed by atoms with Crippen LogP contribution in [0.1, 0.15) is 46.5 Å². The van der Waals surface area contributed by atoms with Crippen LogP contribution in [-0.4, -0.2) is 30.2 Å². The maximum Gasteiger partial charge on any atom is 0.167 e. The number of hydrogen-bond acceptors (Lipinski definition) is 3. The number of carbonyl (C=O) groups excluding carboxylic acids is 1. The van der Waals surface area contributed by atoms with Gasteiger partial charge in [-0.05, 0) is 25.7 Å². The smallest absolute Gasteiger partial charge is 0.167 e. The average molecular weight is 238 g/mol. The van der Waals surface area contributed by atoms with Crippen molar-refractivity contribution in [3.05, 3.63) is 0 Å². The highest BCUT2D eigenvalue weighted by Gasteiger charge is 2.67. The van der Waals surface area contributed by atoms with Crippen LogP contribution >= 0.6 is 0 Å². The third-order valence-corrected chi connectivity index (χ3v) is 5.00. The SMILES string of the molecule is CC1(C)CO[C@@]23CCCC2CC(=O)[C@@]3(C)OC1. The second-order valence-corrected chi connectivity index (χ2v) is 6.88. The van der Waals surface area contributed by atoms with Crippen LogP contribution in [0.3, 0.4) is 0 Å². The first kappa shape index (κ1) is 11.7. The molecule has 1 unspecified atom stereocenters. The summed E-state index contributed by atoms with van der Waals surface area (Å²) in [5, 5.41) is 0. The van der Waals surface area contributed by atoms with Gasteiger partial charge in [0.25, 0.3) is 0 Å². The van der Waals surface area contributed by atoms with Gasteiger partial charge < -0.3 is 9.47 Å². The molecular formula is C14H22O3. The van der Waals surface area contributed by atoms with Gasteiger partial charge in [-0.2, -0.15) is 0 Å². The molecule has 17 heavy (non-hydrogen) atoms. The molecule has 0 N–H and O–H groups in total. The molecule has 3 rings (SSSR count). The van der Waals surface area contributed by atoms with Gasteiger partial charge >= 0.3 is 0 Å². The summed E-state index contributed by atoms with van der Waals surface area (Å²) in [6, 6.07) is 0. The molecule has 0 bridgehead atoms. The number of ketones is 1. The van der Waals surface area contributed by atoms with Gasteiger partial charge in [0.2, 0.25) is 0 Å². The van der Waals surface area contributed by atoms with Crippen molar-refractivity contribution >= 4 is 5.78 Å². The van der Waals surface area contributed by atoms with Crippen LogP contribution in [0.2, 0.25) is 0 Å². The van der Waals surface area contributed by atoms with Crippen molar-refractivity contribution in [3.8, 4) is 0 Å². The zero-order valence-electron chi connectivity index (χ0n) is 11.0. The molecule has 1 spiro atoms. The van der Waals surface area contributed by atoms with Crippen molar-refractivity contribution in [1.29, 1.82) is 0 Å². The largest absolute Gasteiger partial charge is 0.371 e. The normalized spacial score (nSPS) is 48.6. The van der Waals surface area contributed by atoms with Crippen LogP contribution in [0, 0.1) is 11.3 Å². The lowest BCUT2D eigenvalue weighted by Crippen LogP contribution is -2.55. The highest BCUT2D eigenvalue weighted by Crippen LogP contribution is 2.56. The lowest BCUT2D eigenvalue weighted by atomic mass is 9.83. The fourth-order valence-electron chi connectivity index (χ4n) is 3.83. The molecule has 1 heterocycles. The Bertz CT molecular complexity index is 362. The second kappa shape index (κ2) is 3.33. The maximum absolute atomic E-state index is 12.3. The molecule has 1 saturated heterocycles. The van der Waals surface area contributed by atoms with Crippen LogP contribution in [-0.2, 0) is 14.3 Å². The molecule has 3 heteroatoms. The molecule has 0 aromatic carbocycles. The summed E-state index contributed by atoms with van der Waals surface area (Å²) in [6.07, 6.45) is 3.91.